The highest BCUT2D eigenvalue weighted by atomic mass is 35.5. The molecule has 0 spiro atoms. The van der Waals surface area contributed by atoms with Crippen molar-refractivity contribution in [1.29, 1.82) is 0 Å². The maximum absolute atomic E-state index is 9.05. The van der Waals surface area contributed by atoms with Crippen LogP contribution in [0.15, 0.2) is 11.4 Å². The van der Waals surface area contributed by atoms with E-state index in [0.29, 0.717) is 11.8 Å². The minimum absolute atomic E-state index is 0. The fourth-order valence-corrected chi connectivity index (χ4v) is 3.99. The highest BCUT2D eigenvalue weighted by Crippen LogP contribution is 2.36. The molecule has 0 aliphatic rings. The van der Waals surface area contributed by atoms with E-state index in [-0.39, 0.29) is 25.1 Å². The van der Waals surface area contributed by atoms with Crippen LogP contribution in [0.4, 0.5) is 0 Å². The number of hydrogen-bond donors (Lipinski definition) is 2. The number of halogens is 1. The maximum Gasteiger partial charge on any atom is 0.0581 e. The predicted molar refractivity (Wildman–Crippen MR) is 102 cm³/mol. The van der Waals surface area contributed by atoms with E-state index in [2.05, 4.69) is 37.5 Å². The minimum Gasteiger partial charge on any atom is -0.395 e. The Morgan fingerprint density at radius 2 is 1.86 bits per heavy atom. The molecule has 2 unspecified atom stereocenters. The van der Waals surface area contributed by atoms with Crippen LogP contribution in [0.25, 0.3) is 0 Å². The summed E-state index contributed by atoms with van der Waals surface area (Å²) in [5.74, 6) is 1.34. The standard InChI is InChI=1S/C18H33NOS.ClH/c1-5-6-8-16(9-7-11-19-15(4)13-20)18-17(14(2)3)10-12-21-18;/h10,12,14-16,19-20H,5-9,11,13H2,1-4H3;1H. The molecule has 2 nitrogen and oxygen atoms in total. The van der Waals surface area contributed by atoms with Gasteiger partial charge in [0.05, 0.1) is 6.61 Å². The van der Waals surface area contributed by atoms with E-state index in [4.69, 9.17) is 5.11 Å². The van der Waals surface area contributed by atoms with E-state index < -0.39 is 0 Å². The first kappa shape index (κ1) is 21.9. The zero-order valence-electron chi connectivity index (χ0n) is 14.6. The summed E-state index contributed by atoms with van der Waals surface area (Å²) in [6.07, 6.45) is 6.35. The fourth-order valence-electron chi connectivity index (χ4n) is 2.76. The zero-order valence-corrected chi connectivity index (χ0v) is 16.2. The van der Waals surface area contributed by atoms with Gasteiger partial charge in [0, 0.05) is 10.9 Å². The third-order valence-electron chi connectivity index (χ3n) is 4.12. The van der Waals surface area contributed by atoms with Crippen LogP contribution < -0.4 is 5.32 Å². The van der Waals surface area contributed by atoms with Gasteiger partial charge in [-0.05, 0) is 61.6 Å². The van der Waals surface area contributed by atoms with Crippen LogP contribution in [0.1, 0.15) is 82.1 Å². The molecule has 0 aliphatic heterocycles. The predicted octanol–water partition coefficient (Wildman–Crippen LogP) is 5.32. The van der Waals surface area contributed by atoms with Gasteiger partial charge in [0.2, 0.25) is 0 Å². The summed E-state index contributed by atoms with van der Waals surface area (Å²) < 4.78 is 0. The average Bonchev–Trinajstić information content (AvgIpc) is 2.95. The summed E-state index contributed by atoms with van der Waals surface area (Å²) >= 11 is 1.94. The van der Waals surface area contributed by atoms with E-state index in [1.165, 1.54) is 32.1 Å². The van der Waals surface area contributed by atoms with Gasteiger partial charge in [-0.2, -0.15) is 0 Å². The minimum atomic E-state index is 0. The van der Waals surface area contributed by atoms with E-state index >= 15 is 0 Å². The molecule has 4 heteroatoms. The normalized spacial score (nSPS) is 13.9. The number of thiophene rings is 1. The molecule has 1 heterocycles. The van der Waals surface area contributed by atoms with Crippen molar-refractivity contribution in [2.24, 2.45) is 0 Å². The van der Waals surface area contributed by atoms with E-state index in [1.807, 2.05) is 18.3 Å². The van der Waals surface area contributed by atoms with Crippen LogP contribution in [-0.4, -0.2) is 24.3 Å². The summed E-state index contributed by atoms with van der Waals surface area (Å²) in [4.78, 5) is 1.62. The molecule has 1 rings (SSSR count). The van der Waals surface area contributed by atoms with Crippen molar-refractivity contribution >= 4 is 23.7 Å². The number of hydrogen-bond acceptors (Lipinski definition) is 3. The van der Waals surface area contributed by atoms with Gasteiger partial charge >= 0.3 is 0 Å². The summed E-state index contributed by atoms with van der Waals surface area (Å²) in [6.45, 7) is 10.1. The molecule has 22 heavy (non-hydrogen) atoms. The summed E-state index contributed by atoms with van der Waals surface area (Å²) in [7, 11) is 0. The van der Waals surface area contributed by atoms with E-state index in [9.17, 15) is 0 Å². The first-order chi connectivity index (χ1) is 10.1. The fraction of sp³-hybridized carbons (Fsp3) is 0.778. The lowest BCUT2D eigenvalue weighted by Gasteiger charge is -2.19. The lowest BCUT2D eigenvalue weighted by atomic mass is 9.90. The first-order valence-corrected chi connectivity index (χ1v) is 9.39. The highest BCUT2D eigenvalue weighted by Gasteiger charge is 2.18. The molecule has 0 aliphatic carbocycles. The topological polar surface area (TPSA) is 32.3 Å². The molecule has 0 saturated carbocycles. The van der Waals surface area contributed by atoms with Crippen LogP contribution in [0, 0.1) is 0 Å². The van der Waals surface area contributed by atoms with Crippen molar-refractivity contribution in [1.82, 2.24) is 5.32 Å². The second kappa shape index (κ2) is 12.3. The Labute approximate surface area is 147 Å². The molecule has 1 aromatic heterocycles. The van der Waals surface area contributed by atoms with Crippen molar-refractivity contribution in [3.63, 3.8) is 0 Å². The Bertz CT molecular complexity index is 381. The van der Waals surface area contributed by atoms with Gasteiger partial charge in [0.1, 0.15) is 0 Å². The molecule has 0 bridgehead atoms. The first-order valence-electron chi connectivity index (χ1n) is 8.51. The lowest BCUT2D eigenvalue weighted by molar-refractivity contribution is 0.251. The van der Waals surface area contributed by atoms with Gasteiger partial charge in [-0.15, -0.1) is 23.7 Å². The van der Waals surface area contributed by atoms with E-state index in [1.54, 1.807) is 10.4 Å². The SMILES string of the molecule is CCCCC(CCCNC(C)CO)c1sccc1C(C)C.Cl. The summed E-state index contributed by atoms with van der Waals surface area (Å²) in [5, 5.41) is 14.7. The molecule has 0 aromatic carbocycles. The van der Waals surface area contributed by atoms with Crippen LogP contribution in [0.5, 0.6) is 0 Å². The molecule has 1 aromatic rings. The lowest BCUT2D eigenvalue weighted by Crippen LogP contribution is -2.30. The second-order valence-electron chi connectivity index (χ2n) is 6.41. The molecule has 2 N–H and O–H groups in total. The van der Waals surface area contributed by atoms with Gasteiger partial charge < -0.3 is 10.4 Å². The molecule has 0 radical (unpaired) electrons. The number of rotatable bonds is 11. The van der Waals surface area contributed by atoms with Gasteiger partial charge in [-0.3, -0.25) is 0 Å². The average molecular weight is 348 g/mol. The quantitative estimate of drug-likeness (QED) is 0.531. The van der Waals surface area contributed by atoms with Crippen molar-refractivity contribution in [2.45, 2.75) is 77.7 Å². The zero-order chi connectivity index (χ0) is 15.7. The molecule has 0 saturated heterocycles. The monoisotopic (exact) mass is 347 g/mol. The van der Waals surface area contributed by atoms with Gasteiger partial charge in [-0.1, -0.05) is 33.6 Å². The van der Waals surface area contributed by atoms with Gasteiger partial charge in [0.15, 0.2) is 0 Å². The largest absolute Gasteiger partial charge is 0.395 e. The van der Waals surface area contributed by atoms with E-state index in [0.717, 1.165) is 6.54 Å². The van der Waals surface area contributed by atoms with Crippen molar-refractivity contribution < 1.29 is 5.11 Å². The smallest absolute Gasteiger partial charge is 0.0581 e. The van der Waals surface area contributed by atoms with Crippen LogP contribution in [0.2, 0.25) is 0 Å². The van der Waals surface area contributed by atoms with Crippen LogP contribution >= 0.6 is 23.7 Å². The van der Waals surface area contributed by atoms with Crippen molar-refractivity contribution in [2.75, 3.05) is 13.2 Å². The Balaban J connectivity index is 0.00000441. The maximum atomic E-state index is 9.05. The summed E-state index contributed by atoms with van der Waals surface area (Å²) in [5.41, 5.74) is 1.55. The third kappa shape index (κ3) is 7.45. The molecule has 2 atom stereocenters. The Kier molecular flexibility index (Phi) is 12.3. The van der Waals surface area contributed by atoms with Gasteiger partial charge in [0.25, 0.3) is 0 Å². The number of aliphatic hydroxyl groups is 1. The molecule has 130 valence electrons. The number of aliphatic hydroxyl groups excluding tert-OH is 1. The molecular weight excluding hydrogens is 314 g/mol. The molecule has 0 fully saturated rings. The number of unbranched alkanes of at least 4 members (excludes halogenated alkanes) is 1. The third-order valence-corrected chi connectivity index (χ3v) is 5.22. The second-order valence-corrected chi connectivity index (χ2v) is 7.36. The Hall–Kier alpha value is -0.0900. The van der Waals surface area contributed by atoms with Crippen molar-refractivity contribution in [3.8, 4) is 0 Å². The Morgan fingerprint density at radius 1 is 1.18 bits per heavy atom. The van der Waals surface area contributed by atoms with Crippen LogP contribution in [-0.2, 0) is 0 Å². The highest BCUT2D eigenvalue weighted by molar-refractivity contribution is 7.10. The molecular formula is C18H34ClNOS. The van der Waals surface area contributed by atoms with Gasteiger partial charge in [-0.25, -0.2) is 0 Å². The van der Waals surface area contributed by atoms with Crippen LogP contribution in [0.3, 0.4) is 0 Å². The Morgan fingerprint density at radius 3 is 2.45 bits per heavy atom. The van der Waals surface area contributed by atoms with Crippen molar-refractivity contribution in [3.05, 3.63) is 21.9 Å². The number of nitrogens with one attached hydrogen (secondary N) is 1. The molecule has 0 amide bonds. The summed E-state index contributed by atoms with van der Waals surface area (Å²) in [6, 6.07) is 2.53.